The number of halogens is 2. The van der Waals surface area contributed by atoms with Crippen molar-refractivity contribution in [3.8, 4) is 28.3 Å². The summed E-state index contributed by atoms with van der Waals surface area (Å²) in [5.41, 5.74) is 2.48. The summed E-state index contributed by atoms with van der Waals surface area (Å²) in [6.07, 6.45) is 8.11. The zero-order valence-electron chi connectivity index (χ0n) is 16.9. The summed E-state index contributed by atoms with van der Waals surface area (Å²) in [7, 11) is 0. The van der Waals surface area contributed by atoms with Crippen molar-refractivity contribution in [2.45, 2.75) is 45.3 Å². The summed E-state index contributed by atoms with van der Waals surface area (Å²) in [5.74, 6) is -2.11. The van der Waals surface area contributed by atoms with Gasteiger partial charge in [-0.1, -0.05) is 25.8 Å². The smallest absolute Gasteiger partial charge is 0.201 e. The lowest BCUT2D eigenvalue weighted by Crippen LogP contribution is -2.09. The predicted octanol–water partition coefficient (Wildman–Crippen LogP) is 5.13. The molecule has 3 heterocycles. The van der Waals surface area contributed by atoms with Gasteiger partial charge >= 0.3 is 0 Å². The molecule has 0 bridgehead atoms. The molecule has 0 saturated carbocycles. The second-order valence-corrected chi connectivity index (χ2v) is 7.39. The maximum Gasteiger partial charge on any atom is 0.201 e. The lowest BCUT2D eigenvalue weighted by atomic mass is 10.1. The molecule has 2 aromatic heterocycles. The normalized spacial score (nSPS) is 17.7. The van der Waals surface area contributed by atoms with Gasteiger partial charge in [0.05, 0.1) is 11.7 Å². The van der Waals surface area contributed by atoms with Crippen LogP contribution in [-0.2, 0) is 4.74 Å². The van der Waals surface area contributed by atoms with Gasteiger partial charge in [-0.15, -0.1) is 0 Å². The molecule has 3 aromatic rings. The second kappa shape index (κ2) is 8.83. The summed E-state index contributed by atoms with van der Waals surface area (Å²) in [4.78, 5) is 12.6. The van der Waals surface area contributed by atoms with Crippen LogP contribution in [0.4, 0.5) is 8.78 Å². The highest BCUT2D eigenvalue weighted by molar-refractivity contribution is 5.63. The van der Waals surface area contributed by atoms with Crippen molar-refractivity contribution in [2.24, 2.45) is 0 Å². The fourth-order valence-corrected chi connectivity index (χ4v) is 3.23. The average molecular weight is 411 g/mol. The molecule has 4 rings (SSSR count). The maximum atomic E-state index is 14.6. The van der Waals surface area contributed by atoms with E-state index >= 15 is 0 Å². The monoisotopic (exact) mass is 411 g/mol. The number of nitrogens with zero attached hydrogens (tertiary/aromatic N) is 3. The van der Waals surface area contributed by atoms with Crippen molar-refractivity contribution >= 4 is 0 Å². The number of aryl methyl sites for hydroxylation is 1. The summed E-state index contributed by atoms with van der Waals surface area (Å²) in [6.45, 7) is 4.22. The van der Waals surface area contributed by atoms with E-state index in [2.05, 4.69) is 21.9 Å². The molecule has 1 saturated heterocycles. The van der Waals surface area contributed by atoms with E-state index in [0.29, 0.717) is 0 Å². The van der Waals surface area contributed by atoms with Gasteiger partial charge in [0.1, 0.15) is 12.7 Å². The Morgan fingerprint density at radius 3 is 2.40 bits per heavy atom. The van der Waals surface area contributed by atoms with Crippen molar-refractivity contribution in [1.82, 2.24) is 15.0 Å². The number of ether oxygens (including phenoxy) is 2. The zero-order chi connectivity index (χ0) is 21.1. The van der Waals surface area contributed by atoms with Crippen LogP contribution in [0, 0.1) is 18.6 Å². The van der Waals surface area contributed by atoms with Crippen molar-refractivity contribution in [3.63, 3.8) is 0 Å². The third kappa shape index (κ3) is 4.46. The molecular formula is C23H23F2N3O2. The largest absolute Gasteiger partial charge is 0.488 e. The predicted molar refractivity (Wildman–Crippen MR) is 109 cm³/mol. The first-order valence-corrected chi connectivity index (χ1v) is 10.1. The van der Waals surface area contributed by atoms with Crippen molar-refractivity contribution < 1.29 is 18.3 Å². The van der Waals surface area contributed by atoms with E-state index in [1.807, 2.05) is 19.1 Å². The molecule has 2 unspecified atom stereocenters. The molecule has 1 aromatic carbocycles. The quantitative estimate of drug-likeness (QED) is 0.481. The molecule has 0 radical (unpaired) electrons. The van der Waals surface area contributed by atoms with E-state index in [4.69, 9.17) is 9.47 Å². The Kier molecular flexibility index (Phi) is 5.99. The van der Waals surface area contributed by atoms with Crippen LogP contribution in [0.2, 0.25) is 0 Å². The van der Waals surface area contributed by atoms with E-state index in [-0.39, 0.29) is 36.0 Å². The molecular weight excluding hydrogens is 388 g/mol. The lowest BCUT2D eigenvalue weighted by Gasteiger charge is -2.09. The number of benzene rings is 1. The molecule has 2 atom stereocenters. The second-order valence-electron chi connectivity index (χ2n) is 7.39. The van der Waals surface area contributed by atoms with Gasteiger partial charge in [0.15, 0.2) is 17.4 Å². The molecule has 30 heavy (non-hydrogen) atoms. The van der Waals surface area contributed by atoms with Gasteiger partial charge in [-0.25, -0.2) is 14.4 Å². The van der Waals surface area contributed by atoms with E-state index < -0.39 is 11.6 Å². The first-order valence-electron chi connectivity index (χ1n) is 10.1. The van der Waals surface area contributed by atoms with Gasteiger partial charge in [0.2, 0.25) is 5.82 Å². The number of rotatable bonds is 8. The fourth-order valence-electron chi connectivity index (χ4n) is 3.23. The minimum absolute atomic E-state index is 0.0167. The Hall–Kier alpha value is -2.93. The van der Waals surface area contributed by atoms with Gasteiger partial charge < -0.3 is 9.47 Å². The molecule has 1 aliphatic heterocycles. The number of hydrogen-bond acceptors (Lipinski definition) is 5. The zero-order valence-corrected chi connectivity index (χ0v) is 16.9. The Bertz CT molecular complexity index is 1010. The van der Waals surface area contributed by atoms with E-state index in [0.717, 1.165) is 36.1 Å². The number of unbranched alkanes of at least 4 members (excludes halogenated alkanes) is 1. The van der Waals surface area contributed by atoms with Crippen LogP contribution in [0.25, 0.3) is 22.5 Å². The van der Waals surface area contributed by atoms with E-state index in [1.165, 1.54) is 12.1 Å². The first-order chi connectivity index (χ1) is 14.6. The third-order valence-corrected chi connectivity index (χ3v) is 5.12. The topological polar surface area (TPSA) is 60.4 Å². The van der Waals surface area contributed by atoms with Crippen molar-refractivity contribution in [1.29, 1.82) is 0 Å². The first kappa shape index (κ1) is 20.3. The number of epoxide rings is 1. The summed E-state index contributed by atoms with van der Waals surface area (Å²) in [5, 5.41) is 0. The highest BCUT2D eigenvalue weighted by Gasteiger charge is 2.38. The van der Waals surface area contributed by atoms with Gasteiger partial charge in [0.25, 0.3) is 0 Å². The van der Waals surface area contributed by atoms with Gasteiger partial charge in [-0.3, -0.25) is 4.98 Å². The number of pyridine rings is 1. The van der Waals surface area contributed by atoms with Crippen LogP contribution < -0.4 is 4.74 Å². The summed E-state index contributed by atoms with van der Waals surface area (Å²) in [6, 6.07) is 6.62. The molecule has 0 spiro atoms. The summed E-state index contributed by atoms with van der Waals surface area (Å²) >= 11 is 0. The Balaban J connectivity index is 1.45. The molecule has 0 aliphatic carbocycles. The van der Waals surface area contributed by atoms with Crippen molar-refractivity contribution in [2.75, 3.05) is 6.61 Å². The maximum absolute atomic E-state index is 14.6. The van der Waals surface area contributed by atoms with Crippen molar-refractivity contribution in [3.05, 3.63) is 60.2 Å². The SMILES string of the molecule is CCCCC1OC1COc1ccc(-c2ncc(-c3ccc(C)nc3)cn2)c(F)c1F. The molecule has 1 fully saturated rings. The van der Waals surface area contributed by atoms with Crippen LogP contribution in [0.15, 0.2) is 42.9 Å². The van der Waals surface area contributed by atoms with Crippen LogP contribution in [0.1, 0.15) is 31.9 Å². The highest BCUT2D eigenvalue weighted by Crippen LogP contribution is 2.31. The van der Waals surface area contributed by atoms with Crippen LogP contribution in [-0.4, -0.2) is 33.8 Å². The number of hydrogen-bond donors (Lipinski definition) is 0. The van der Waals surface area contributed by atoms with E-state index in [9.17, 15) is 8.78 Å². The Morgan fingerprint density at radius 2 is 1.70 bits per heavy atom. The Labute approximate surface area is 174 Å². The third-order valence-electron chi connectivity index (χ3n) is 5.12. The molecule has 156 valence electrons. The number of aromatic nitrogens is 3. The minimum Gasteiger partial charge on any atom is -0.488 e. The van der Waals surface area contributed by atoms with Gasteiger partial charge in [-0.05, 0) is 31.5 Å². The fraction of sp³-hybridized carbons (Fsp3) is 0.348. The molecule has 0 N–H and O–H groups in total. The summed E-state index contributed by atoms with van der Waals surface area (Å²) < 4.78 is 40.1. The molecule has 0 amide bonds. The van der Waals surface area contributed by atoms with Gasteiger partial charge in [0, 0.05) is 35.4 Å². The van der Waals surface area contributed by atoms with Crippen LogP contribution >= 0.6 is 0 Å². The van der Waals surface area contributed by atoms with E-state index in [1.54, 1.807) is 18.6 Å². The highest BCUT2D eigenvalue weighted by atomic mass is 19.2. The van der Waals surface area contributed by atoms with Crippen LogP contribution in [0.3, 0.4) is 0 Å². The minimum atomic E-state index is -1.05. The van der Waals surface area contributed by atoms with Gasteiger partial charge in [-0.2, -0.15) is 4.39 Å². The average Bonchev–Trinajstić information content (AvgIpc) is 3.52. The molecule has 1 aliphatic rings. The molecule has 7 heteroatoms. The molecule has 5 nitrogen and oxygen atoms in total. The Morgan fingerprint density at radius 1 is 0.933 bits per heavy atom. The lowest BCUT2D eigenvalue weighted by molar-refractivity contribution is 0.248. The van der Waals surface area contributed by atoms with Crippen LogP contribution in [0.5, 0.6) is 5.75 Å². The standard InChI is InChI=1S/C23H23F2N3O2/c1-3-4-5-18-20(30-18)13-29-19-9-8-17(21(24)22(19)25)23-27-11-16(12-28-23)15-7-6-14(2)26-10-15/h6-12,18,20H,3-5,13H2,1-2H3.